The van der Waals surface area contributed by atoms with Gasteiger partial charge in [0.25, 0.3) is 0 Å². The number of esters is 1. The van der Waals surface area contributed by atoms with Crippen LogP contribution in [0.4, 0.5) is 0 Å². The predicted molar refractivity (Wildman–Crippen MR) is 75.9 cm³/mol. The second-order valence-corrected chi connectivity index (χ2v) is 5.78. The van der Waals surface area contributed by atoms with E-state index in [0.29, 0.717) is 13.2 Å². The highest BCUT2D eigenvalue weighted by molar-refractivity contribution is 5.69. The van der Waals surface area contributed by atoms with Crippen molar-refractivity contribution in [1.82, 2.24) is 5.32 Å². The first-order valence-corrected chi connectivity index (χ1v) is 7.66. The van der Waals surface area contributed by atoms with Crippen molar-refractivity contribution >= 4 is 5.97 Å². The average Bonchev–Trinajstić information content (AvgIpc) is 2.37. The van der Waals surface area contributed by atoms with Crippen LogP contribution in [0.2, 0.25) is 0 Å². The minimum absolute atomic E-state index is 0.0851. The minimum atomic E-state index is -0.634. The lowest BCUT2D eigenvalue weighted by Gasteiger charge is -2.26. The first-order valence-electron chi connectivity index (χ1n) is 7.66. The molecule has 0 aromatic heterocycles. The molecule has 1 fully saturated rings. The summed E-state index contributed by atoms with van der Waals surface area (Å²) in [6.07, 6.45) is 6.03. The SMILES string of the molecule is CCOC(=O)CC(O)CNCCC1CCC(C)CC1. The molecule has 1 aliphatic carbocycles. The number of aliphatic hydroxyl groups is 1. The molecule has 112 valence electrons. The molecule has 0 amide bonds. The number of nitrogens with one attached hydrogen (secondary N) is 1. The fourth-order valence-electron chi connectivity index (χ4n) is 2.68. The Labute approximate surface area is 116 Å². The van der Waals surface area contributed by atoms with Crippen LogP contribution in [0.1, 0.15) is 52.4 Å². The van der Waals surface area contributed by atoms with Crippen molar-refractivity contribution in [1.29, 1.82) is 0 Å². The van der Waals surface area contributed by atoms with E-state index in [1.807, 2.05) is 0 Å². The molecule has 0 heterocycles. The first kappa shape index (κ1) is 16.4. The summed E-state index contributed by atoms with van der Waals surface area (Å²) in [5.41, 5.74) is 0. The number of carbonyl (C=O) groups excluding carboxylic acids is 1. The van der Waals surface area contributed by atoms with E-state index < -0.39 is 6.10 Å². The summed E-state index contributed by atoms with van der Waals surface area (Å²) in [5.74, 6) is 1.42. The van der Waals surface area contributed by atoms with Gasteiger partial charge in [0.1, 0.15) is 0 Å². The van der Waals surface area contributed by atoms with Crippen molar-refractivity contribution < 1.29 is 14.6 Å². The highest BCUT2D eigenvalue weighted by atomic mass is 16.5. The molecular weight excluding hydrogens is 242 g/mol. The van der Waals surface area contributed by atoms with E-state index >= 15 is 0 Å². The van der Waals surface area contributed by atoms with Gasteiger partial charge in [-0.05, 0) is 31.7 Å². The van der Waals surface area contributed by atoms with Gasteiger partial charge in [-0.2, -0.15) is 0 Å². The Bertz CT molecular complexity index is 250. The summed E-state index contributed by atoms with van der Waals surface area (Å²) in [6, 6.07) is 0. The lowest BCUT2D eigenvalue weighted by atomic mass is 9.81. The van der Waals surface area contributed by atoms with Crippen molar-refractivity contribution in [3.8, 4) is 0 Å². The Morgan fingerprint density at radius 3 is 2.68 bits per heavy atom. The quantitative estimate of drug-likeness (QED) is 0.524. The molecule has 4 nitrogen and oxygen atoms in total. The molecule has 1 unspecified atom stereocenters. The number of ether oxygens (including phenoxy) is 1. The van der Waals surface area contributed by atoms with Crippen molar-refractivity contribution in [3.63, 3.8) is 0 Å². The zero-order chi connectivity index (χ0) is 14.1. The van der Waals surface area contributed by atoms with Crippen LogP contribution in [0.15, 0.2) is 0 Å². The fourth-order valence-corrected chi connectivity index (χ4v) is 2.68. The lowest BCUT2D eigenvalue weighted by molar-refractivity contribution is -0.145. The molecule has 4 heteroatoms. The van der Waals surface area contributed by atoms with E-state index in [0.717, 1.165) is 18.4 Å². The second-order valence-electron chi connectivity index (χ2n) is 5.78. The fraction of sp³-hybridized carbons (Fsp3) is 0.933. The van der Waals surface area contributed by atoms with E-state index in [4.69, 9.17) is 4.74 Å². The van der Waals surface area contributed by atoms with Gasteiger partial charge in [0.15, 0.2) is 0 Å². The topological polar surface area (TPSA) is 58.6 Å². The molecular formula is C15H29NO3. The molecule has 0 radical (unpaired) electrons. The molecule has 19 heavy (non-hydrogen) atoms. The molecule has 1 saturated carbocycles. The van der Waals surface area contributed by atoms with E-state index in [1.165, 1.54) is 32.1 Å². The third kappa shape index (κ3) is 7.53. The molecule has 1 atom stereocenters. The van der Waals surface area contributed by atoms with Crippen LogP contribution in [-0.4, -0.2) is 36.9 Å². The van der Waals surface area contributed by atoms with Crippen LogP contribution < -0.4 is 5.32 Å². The Hall–Kier alpha value is -0.610. The van der Waals surface area contributed by atoms with Crippen molar-refractivity contribution in [3.05, 3.63) is 0 Å². The van der Waals surface area contributed by atoms with Crippen LogP contribution in [0.3, 0.4) is 0 Å². The van der Waals surface area contributed by atoms with Gasteiger partial charge in [-0.1, -0.05) is 32.6 Å². The zero-order valence-corrected chi connectivity index (χ0v) is 12.4. The highest BCUT2D eigenvalue weighted by Gasteiger charge is 2.17. The summed E-state index contributed by atoms with van der Waals surface area (Å²) in [7, 11) is 0. The zero-order valence-electron chi connectivity index (χ0n) is 12.4. The molecule has 0 bridgehead atoms. The van der Waals surface area contributed by atoms with Crippen LogP contribution in [-0.2, 0) is 9.53 Å². The van der Waals surface area contributed by atoms with Crippen molar-refractivity contribution in [2.45, 2.75) is 58.5 Å². The van der Waals surface area contributed by atoms with Crippen molar-refractivity contribution in [2.75, 3.05) is 19.7 Å². The van der Waals surface area contributed by atoms with E-state index in [-0.39, 0.29) is 12.4 Å². The molecule has 1 rings (SSSR count). The molecule has 0 aromatic carbocycles. The van der Waals surface area contributed by atoms with E-state index in [1.54, 1.807) is 6.92 Å². The van der Waals surface area contributed by atoms with E-state index in [2.05, 4.69) is 12.2 Å². The number of hydrogen-bond acceptors (Lipinski definition) is 4. The molecule has 2 N–H and O–H groups in total. The monoisotopic (exact) mass is 271 g/mol. The predicted octanol–water partition coefficient (Wildman–Crippen LogP) is 2.11. The first-order chi connectivity index (χ1) is 9.11. The van der Waals surface area contributed by atoms with Crippen molar-refractivity contribution in [2.24, 2.45) is 11.8 Å². The Kier molecular flexibility index (Phi) is 8.07. The number of carbonyl (C=O) groups is 1. The Balaban J connectivity index is 1.99. The molecule has 1 aliphatic rings. The molecule has 0 aliphatic heterocycles. The smallest absolute Gasteiger partial charge is 0.308 e. The number of hydrogen-bond donors (Lipinski definition) is 2. The van der Waals surface area contributed by atoms with Gasteiger partial charge in [0, 0.05) is 6.54 Å². The summed E-state index contributed by atoms with van der Waals surface area (Å²) in [6.45, 7) is 5.88. The van der Waals surface area contributed by atoms with Gasteiger partial charge in [-0.15, -0.1) is 0 Å². The highest BCUT2D eigenvalue weighted by Crippen LogP contribution is 2.29. The van der Waals surface area contributed by atoms with Gasteiger partial charge < -0.3 is 15.2 Å². The number of rotatable bonds is 8. The van der Waals surface area contributed by atoms with Gasteiger partial charge in [0.05, 0.1) is 19.1 Å². The lowest BCUT2D eigenvalue weighted by Crippen LogP contribution is -2.31. The summed E-state index contributed by atoms with van der Waals surface area (Å²) in [5, 5.41) is 12.9. The van der Waals surface area contributed by atoms with Crippen LogP contribution in [0.5, 0.6) is 0 Å². The second kappa shape index (κ2) is 9.32. The Morgan fingerprint density at radius 2 is 2.05 bits per heavy atom. The summed E-state index contributed by atoms with van der Waals surface area (Å²) >= 11 is 0. The third-order valence-corrected chi connectivity index (χ3v) is 3.95. The van der Waals surface area contributed by atoms with E-state index in [9.17, 15) is 9.90 Å². The van der Waals surface area contributed by atoms with Crippen LogP contribution in [0, 0.1) is 11.8 Å². The van der Waals surface area contributed by atoms with Crippen LogP contribution >= 0.6 is 0 Å². The van der Waals surface area contributed by atoms with Gasteiger partial charge in [0.2, 0.25) is 0 Å². The normalized spacial score (nSPS) is 25.0. The Morgan fingerprint density at radius 1 is 1.37 bits per heavy atom. The largest absolute Gasteiger partial charge is 0.466 e. The molecule has 0 saturated heterocycles. The van der Waals surface area contributed by atoms with Gasteiger partial charge in [-0.25, -0.2) is 0 Å². The summed E-state index contributed by atoms with van der Waals surface area (Å²) in [4.78, 5) is 11.2. The standard InChI is InChI=1S/C15H29NO3/c1-3-19-15(18)10-14(17)11-16-9-8-13-6-4-12(2)5-7-13/h12-14,16-17H,3-11H2,1-2H3. The molecule has 0 aromatic rings. The average molecular weight is 271 g/mol. The molecule has 0 spiro atoms. The van der Waals surface area contributed by atoms with Crippen LogP contribution in [0.25, 0.3) is 0 Å². The van der Waals surface area contributed by atoms with Gasteiger partial charge in [-0.3, -0.25) is 4.79 Å². The maximum atomic E-state index is 11.2. The van der Waals surface area contributed by atoms with Gasteiger partial charge >= 0.3 is 5.97 Å². The maximum absolute atomic E-state index is 11.2. The third-order valence-electron chi connectivity index (χ3n) is 3.95. The maximum Gasteiger partial charge on any atom is 0.308 e. The minimum Gasteiger partial charge on any atom is -0.466 e. The summed E-state index contributed by atoms with van der Waals surface area (Å²) < 4.78 is 4.80. The number of aliphatic hydroxyl groups excluding tert-OH is 1.